The van der Waals surface area contributed by atoms with E-state index >= 15 is 0 Å². The number of halogens is 2. The first-order chi connectivity index (χ1) is 15.2. The van der Waals surface area contributed by atoms with E-state index in [2.05, 4.69) is 19.9 Å². The van der Waals surface area contributed by atoms with Crippen molar-refractivity contribution in [3.63, 3.8) is 0 Å². The summed E-state index contributed by atoms with van der Waals surface area (Å²) in [4.78, 5) is 20.0. The van der Waals surface area contributed by atoms with Crippen LogP contribution in [0.5, 0.6) is 5.88 Å². The zero-order valence-electron chi connectivity index (χ0n) is 16.3. The van der Waals surface area contributed by atoms with Crippen LogP contribution in [0.4, 0.5) is 5.95 Å². The van der Waals surface area contributed by atoms with E-state index in [9.17, 15) is 0 Å². The van der Waals surface area contributed by atoms with Crippen LogP contribution in [0.3, 0.4) is 0 Å². The van der Waals surface area contributed by atoms with Crippen LogP contribution in [0, 0.1) is 0 Å². The molecule has 0 amide bonds. The van der Waals surface area contributed by atoms with E-state index in [0.717, 1.165) is 22.5 Å². The molecule has 0 bridgehead atoms. The van der Waals surface area contributed by atoms with E-state index in [0.29, 0.717) is 35.0 Å². The summed E-state index contributed by atoms with van der Waals surface area (Å²) in [6.07, 6.45) is 5.12. The molecule has 0 spiro atoms. The molecule has 2 aromatic heterocycles. The van der Waals surface area contributed by atoms with Crippen LogP contribution < -0.4 is 9.64 Å². The number of benzene rings is 2. The topological polar surface area (TPSA) is 64.0 Å². The molecule has 0 radical (unpaired) electrons. The third-order valence-corrected chi connectivity index (χ3v) is 5.46. The molecular formula is C23H17Cl2N5O. The number of ether oxygens (including phenoxy) is 1. The molecule has 0 aliphatic carbocycles. The van der Waals surface area contributed by atoms with Crippen LogP contribution >= 0.6 is 23.2 Å². The van der Waals surface area contributed by atoms with Crippen molar-refractivity contribution in [3.8, 4) is 28.4 Å². The van der Waals surface area contributed by atoms with Gasteiger partial charge in [0, 0.05) is 33.6 Å². The van der Waals surface area contributed by atoms with Crippen molar-refractivity contribution in [2.75, 3.05) is 18.0 Å². The third kappa shape index (κ3) is 4.31. The molecule has 3 heterocycles. The zero-order chi connectivity index (χ0) is 21.2. The lowest BCUT2D eigenvalue weighted by Gasteiger charge is -2.38. The second kappa shape index (κ2) is 8.49. The molecule has 154 valence electrons. The molecule has 2 aromatic carbocycles. The van der Waals surface area contributed by atoms with Gasteiger partial charge in [0.1, 0.15) is 11.8 Å². The fourth-order valence-electron chi connectivity index (χ4n) is 3.36. The van der Waals surface area contributed by atoms with Crippen molar-refractivity contribution in [2.24, 2.45) is 0 Å². The van der Waals surface area contributed by atoms with Crippen molar-refractivity contribution in [1.29, 1.82) is 0 Å². The average molecular weight is 450 g/mol. The van der Waals surface area contributed by atoms with Crippen molar-refractivity contribution in [2.45, 2.75) is 6.10 Å². The van der Waals surface area contributed by atoms with Gasteiger partial charge in [-0.1, -0.05) is 47.5 Å². The van der Waals surface area contributed by atoms with E-state index in [1.54, 1.807) is 24.7 Å². The Kier molecular flexibility index (Phi) is 5.40. The normalized spacial score (nSPS) is 13.7. The molecule has 1 aliphatic heterocycles. The maximum Gasteiger partial charge on any atom is 0.233 e. The highest BCUT2D eigenvalue weighted by Gasteiger charge is 2.31. The standard InChI is InChI=1S/C23H17Cl2N5O/c24-17-6-2-15(3-7-17)21-22(16-4-8-18(25)9-5-16)29-20(12-28-21)31-19-13-30(14-19)23-26-10-1-11-27-23/h1-12,19H,13-14H2. The quantitative estimate of drug-likeness (QED) is 0.418. The summed E-state index contributed by atoms with van der Waals surface area (Å²) in [7, 11) is 0. The van der Waals surface area contributed by atoms with E-state index in [-0.39, 0.29) is 6.10 Å². The van der Waals surface area contributed by atoms with Gasteiger partial charge in [-0.3, -0.25) is 0 Å². The van der Waals surface area contributed by atoms with Crippen molar-refractivity contribution < 1.29 is 4.74 Å². The van der Waals surface area contributed by atoms with Gasteiger partial charge in [-0.25, -0.2) is 19.9 Å². The Balaban J connectivity index is 1.41. The molecule has 1 aliphatic rings. The number of aromatic nitrogens is 4. The first-order valence-electron chi connectivity index (χ1n) is 9.73. The fourth-order valence-corrected chi connectivity index (χ4v) is 3.61. The van der Waals surface area contributed by atoms with Gasteiger partial charge in [-0.05, 0) is 30.3 Å². The Bertz CT molecular complexity index is 1180. The average Bonchev–Trinajstić information content (AvgIpc) is 2.78. The minimum Gasteiger partial charge on any atom is -0.469 e. The summed E-state index contributed by atoms with van der Waals surface area (Å²) >= 11 is 12.1. The maximum atomic E-state index is 6.08. The van der Waals surface area contributed by atoms with Crippen LogP contribution in [0.1, 0.15) is 0 Å². The van der Waals surface area contributed by atoms with Crippen molar-refractivity contribution in [1.82, 2.24) is 19.9 Å². The predicted octanol–water partition coefficient (Wildman–Crippen LogP) is 5.18. The predicted molar refractivity (Wildman–Crippen MR) is 122 cm³/mol. The Hall–Kier alpha value is -3.22. The Labute approximate surface area is 189 Å². The minimum atomic E-state index is -0.00226. The molecular weight excluding hydrogens is 433 g/mol. The Morgan fingerprint density at radius 3 is 1.97 bits per heavy atom. The van der Waals surface area contributed by atoms with E-state index in [4.69, 9.17) is 32.9 Å². The summed E-state index contributed by atoms with van der Waals surface area (Å²) in [5.74, 6) is 1.18. The lowest BCUT2D eigenvalue weighted by Crippen LogP contribution is -2.54. The summed E-state index contributed by atoms with van der Waals surface area (Å²) < 4.78 is 6.08. The monoisotopic (exact) mass is 449 g/mol. The Morgan fingerprint density at radius 2 is 1.35 bits per heavy atom. The molecule has 1 saturated heterocycles. The van der Waals surface area contributed by atoms with Crippen LogP contribution in [-0.4, -0.2) is 39.1 Å². The number of hydrogen-bond donors (Lipinski definition) is 0. The number of rotatable bonds is 5. The smallest absolute Gasteiger partial charge is 0.233 e. The highest BCUT2D eigenvalue weighted by Crippen LogP contribution is 2.32. The number of hydrogen-bond acceptors (Lipinski definition) is 6. The van der Waals surface area contributed by atoms with E-state index in [1.807, 2.05) is 48.5 Å². The summed E-state index contributed by atoms with van der Waals surface area (Å²) in [6, 6.07) is 16.8. The first-order valence-corrected chi connectivity index (χ1v) is 10.5. The van der Waals surface area contributed by atoms with Gasteiger partial charge in [0.05, 0.1) is 25.0 Å². The maximum absolute atomic E-state index is 6.08. The van der Waals surface area contributed by atoms with E-state index in [1.165, 1.54) is 0 Å². The SMILES string of the molecule is Clc1ccc(-c2ncc(OC3CN(c4ncccn4)C3)nc2-c2ccc(Cl)cc2)cc1. The van der Waals surface area contributed by atoms with Crippen LogP contribution in [0.2, 0.25) is 10.0 Å². The van der Waals surface area contributed by atoms with Crippen molar-refractivity contribution >= 4 is 29.2 Å². The minimum absolute atomic E-state index is 0.00226. The number of nitrogens with zero attached hydrogens (tertiary/aromatic N) is 5. The van der Waals surface area contributed by atoms with Gasteiger partial charge in [0.2, 0.25) is 11.8 Å². The molecule has 0 unspecified atom stereocenters. The van der Waals surface area contributed by atoms with Crippen molar-refractivity contribution in [3.05, 3.63) is 83.2 Å². The number of anilines is 1. The molecule has 8 heteroatoms. The Morgan fingerprint density at radius 1 is 0.774 bits per heavy atom. The lowest BCUT2D eigenvalue weighted by molar-refractivity contribution is 0.159. The molecule has 6 nitrogen and oxygen atoms in total. The van der Waals surface area contributed by atoms with Gasteiger partial charge in [0.15, 0.2) is 0 Å². The van der Waals surface area contributed by atoms with Crippen LogP contribution in [0.15, 0.2) is 73.2 Å². The largest absolute Gasteiger partial charge is 0.469 e. The highest BCUT2D eigenvalue weighted by molar-refractivity contribution is 6.31. The zero-order valence-corrected chi connectivity index (χ0v) is 17.8. The molecule has 4 aromatic rings. The second-order valence-electron chi connectivity index (χ2n) is 7.11. The summed E-state index contributed by atoms with van der Waals surface area (Å²) in [5.41, 5.74) is 3.29. The van der Waals surface area contributed by atoms with Gasteiger partial charge >= 0.3 is 0 Å². The molecule has 0 saturated carbocycles. The van der Waals surface area contributed by atoms with Gasteiger partial charge in [0.25, 0.3) is 0 Å². The fraction of sp³-hybridized carbons (Fsp3) is 0.130. The van der Waals surface area contributed by atoms with Crippen LogP contribution in [-0.2, 0) is 0 Å². The second-order valence-corrected chi connectivity index (χ2v) is 7.99. The lowest BCUT2D eigenvalue weighted by atomic mass is 10.0. The van der Waals surface area contributed by atoms with Gasteiger partial charge in [-0.15, -0.1) is 0 Å². The van der Waals surface area contributed by atoms with Gasteiger partial charge < -0.3 is 9.64 Å². The molecule has 0 atom stereocenters. The first kappa shape index (κ1) is 19.7. The van der Waals surface area contributed by atoms with Crippen LogP contribution in [0.25, 0.3) is 22.5 Å². The molecule has 1 fully saturated rings. The molecule has 5 rings (SSSR count). The van der Waals surface area contributed by atoms with E-state index < -0.39 is 0 Å². The third-order valence-electron chi connectivity index (χ3n) is 4.96. The highest BCUT2D eigenvalue weighted by atomic mass is 35.5. The summed E-state index contributed by atoms with van der Waals surface area (Å²) in [6.45, 7) is 1.39. The molecule has 31 heavy (non-hydrogen) atoms. The molecule has 0 N–H and O–H groups in total. The summed E-state index contributed by atoms with van der Waals surface area (Å²) in [5, 5.41) is 1.33. The van der Waals surface area contributed by atoms with Gasteiger partial charge in [-0.2, -0.15) is 0 Å².